The van der Waals surface area contributed by atoms with Crippen LogP contribution in [-0.4, -0.2) is 30.7 Å². The minimum Gasteiger partial charge on any atom is -0.444 e. The number of carbonyl (C=O) groups excluding carboxylic acids is 1. The molecule has 76 valence electrons. The van der Waals surface area contributed by atoms with E-state index in [1.54, 1.807) is 0 Å². The molecule has 0 aliphatic carbocycles. The molecule has 1 atom stereocenters. The molecule has 0 aliphatic heterocycles. The summed E-state index contributed by atoms with van der Waals surface area (Å²) in [6.07, 6.45) is 3.28. The maximum Gasteiger partial charge on any atom is 0.331 e. The Labute approximate surface area is 80.4 Å². The van der Waals surface area contributed by atoms with Crippen LogP contribution in [0.2, 0.25) is 0 Å². The molecule has 0 amide bonds. The summed E-state index contributed by atoms with van der Waals surface area (Å²) in [4.78, 5) is 12.8. The monoisotopic (exact) mass is 185 g/mol. The second-order valence-electron chi connectivity index (χ2n) is 3.07. The summed E-state index contributed by atoms with van der Waals surface area (Å²) < 4.78 is 5.03. The minimum absolute atomic E-state index is 0.169. The third-order valence-electron chi connectivity index (χ3n) is 1.94. The molecule has 0 bridgehead atoms. The van der Waals surface area contributed by atoms with Crippen LogP contribution in [-0.2, 0) is 9.53 Å². The maximum absolute atomic E-state index is 10.8. The lowest BCUT2D eigenvalue weighted by atomic mass is 10.3. The van der Waals surface area contributed by atoms with Gasteiger partial charge in [-0.2, -0.15) is 0 Å². The van der Waals surface area contributed by atoms with E-state index in [0.29, 0.717) is 0 Å². The lowest BCUT2D eigenvalue weighted by molar-refractivity contribution is -0.150. The van der Waals surface area contributed by atoms with Crippen molar-refractivity contribution in [1.82, 2.24) is 4.90 Å². The highest BCUT2D eigenvalue weighted by atomic mass is 16.6. The first kappa shape index (κ1) is 12.2. The SMILES string of the molecule is C=CC(=O)OC(C)N(C)CCCC. The van der Waals surface area contributed by atoms with E-state index in [1.165, 1.54) is 6.08 Å². The molecule has 0 aromatic heterocycles. The third kappa shape index (κ3) is 5.42. The highest BCUT2D eigenvalue weighted by Crippen LogP contribution is 2.00. The van der Waals surface area contributed by atoms with Crippen molar-refractivity contribution in [3.8, 4) is 0 Å². The van der Waals surface area contributed by atoms with E-state index < -0.39 is 0 Å². The maximum atomic E-state index is 10.8. The molecule has 0 fully saturated rings. The third-order valence-corrected chi connectivity index (χ3v) is 1.94. The zero-order valence-corrected chi connectivity index (χ0v) is 8.75. The molecular weight excluding hydrogens is 166 g/mol. The molecule has 0 aromatic rings. The second-order valence-corrected chi connectivity index (χ2v) is 3.07. The fourth-order valence-corrected chi connectivity index (χ4v) is 0.896. The molecule has 3 heteroatoms. The van der Waals surface area contributed by atoms with Gasteiger partial charge in [-0.3, -0.25) is 4.90 Å². The Hall–Kier alpha value is -0.830. The average molecular weight is 185 g/mol. The minimum atomic E-state index is -0.365. The van der Waals surface area contributed by atoms with Crippen LogP contribution in [0.5, 0.6) is 0 Å². The van der Waals surface area contributed by atoms with Crippen molar-refractivity contribution in [1.29, 1.82) is 0 Å². The summed E-state index contributed by atoms with van der Waals surface area (Å²) in [7, 11) is 1.94. The van der Waals surface area contributed by atoms with E-state index >= 15 is 0 Å². The Bertz CT molecular complexity index is 168. The van der Waals surface area contributed by atoms with Crippen LogP contribution < -0.4 is 0 Å². The predicted octanol–water partition coefficient (Wildman–Crippen LogP) is 1.79. The molecule has 0 radical (unpaired) electrons. The van der Waals surface area contributed by atoms with Crippen molar-refractivity contribution in [2.24, 2.45) is 0 Å². The van der Waals surface area contributed by atoms with Crippen molar-refractivity contribution < 1.29 is 9.53 Å². The van der Waals surface area contributed by atoms with Gasteiger partial charge in [0.05, 0.1) is 0 Å². The van der Waals surface area contributed by atoms with Gasteiger partial charge in [0, 0.05) is 12.6 Å². The van der Waals surface area contributed by atoms with Crippen LogP contribution in [0.15, 0.2) is 12.7 Å². The first-order valence-electron chi connectivity index (χ1n) is 4.65. The Kier molecular flexibility index (Phi) is 6.24. The summed E-state index contributed by atoms with van der Waals surface area (Å²) in [6.45, 7) is 8.28. The smallest absolute Gasteiger partial charge is 0.331 e. The Morgan fingerprint density at radius 2 is 2.31 bits per heavy atom. The van der Waals surface area contributed by atoms with Crippen molar-refractivity contribution in [2.45, 2.75) is 32.9 Å². The number of hydrogen-bond donors (Lipinski definition) is 0. The number of unbranched alkanes of at least 4 members (excludes halogenated alkanes) is 1. The molecule has 0 aromatic carbocycles. The Balaban J connectivity index is 3.74. The van der Waals surface area contributed by atoms with Gasteiger partial charge in [0.25, 0.3) is 0 Å². The average Bonchev–Trinajstić information content (AvgIpc) is 2.13. The lowest BCUT2D eigenvalue weighted by Gasteiger charge is -2.23. The molecule has 1 unspecified atom stereocenters. The molecule has 0 N–H and O–H groups in total. The molecule has 13 heavy (non-hydrogen) atoms. The van der Waals surface area contributed by atoms with Gasteiger partial charge in [0.15, 0.2) is 6.23 Å². The molecule has 0 spiro atoms. The summed E-state index contributed by atoms with van der Waals surface area (Å²) >= 11 is 0. The molecule has 0 aliphatic rings. The van der Waals surface area contributed by atoms with Crippen molar-refractivity contribution >= 4 is 5.97 Å². The van der Waals surface area contributed by atoms with Gasteiger partial charge in [-0.15, -0.1) is 0 Å². The fourth-order valence-electron chi connectivity index (χ4n) is 0.896. The van der Waals surface area contributed by atoms with Crippen LogP contribution in [0.1, 0.15) is 26.7 Å². The largest absolute Gasteiger partial charge is 0.444 e. The summed E-state index contributed by atoms with van der Waals surface area (Å²) in [6, 6.07) is 0. The van der Waals surface area contributed by atoms with Gasteiger partial charge in [0.2, 0.25) is 0 Å². The zero-order chi connectivity index (χ0) is 10.3. The Morgan fingerprint density at radius 3 is 2.77 bits per heavy atom. The topological polar surface area (TPSA) is 29.5 Å². The van der Waals surface area contributed by atoms with Gasteiger partial charge < -0.3 is 4.74 Å². The van der Waals surface area contributed by atoms with Crippen LogP contribution in [0, 0.1) is 0 Å². The van der Waals surface area contributed by atoms with Crippen LogP contribution >= 0.6 is 0 Å². The fraction of sp³-hybridized carbons (Fsp3) is 0.700. The van der Waals surface area contributed by atoms with E-state index in [4.69, 9.17) is 4.74 Å². The number of ether oxygens (including phenoxy) is 1. The Morgan fingerprint density at radius 1 is 1.69 bits per heavy atom. The van der Waals surface area contributed by atoms with Gasteiger partial charge >= 0.3 is 5.97 Å². The van der Waals surface area contributed by atoms with Gasteiger partial charge in [-0.1, -0.05) is 19.9 Å². The summed E-state index contributed by atoms with van der Waals surface area (Å²) in [5, 5.41) is 0. The van der Waals surface area contributed by atoms with Gasteiger partial charge in [-0.25, -0.2) is 4.79 Å². The normalized spacial score (nSPS) is 12.6. The molecule has 0 saturated carbocycles. The van der Waals surface area contributed by atoms with E-state index in [1.807, 2.05) is 18.9 Å². The first-order valence-corrected chi connectivity index (χ1v) is 4.65. The van der Waals surface area contributed by atoms with Gasteiger partial charge in [0.1, 0.15) is 0 Å². The van der Waals surface area contributed by atoms with Crippen molar-refractivity contribution in [3.63, 3.8) is 0 Å². The van der Waals surface area contributed by atoms with Crippen molar-refractivity contribution in [3.05, 3.63) is 12.7 Å². The highest BCUT2D eigenvalue weighted by Gasteiger charge is 2.10. The molecule has 0 rings (SSSR count). The number of esters is 1. The second kappa shape index (κ2) is 6.66. The van der Waals surface area contributed by atoms with Crippen molar-refractivity contribution in [2.75, 3.05) is 13.6 Å². The standard InChI is InChI=1S/C10H19NO2/c1-5-7-8-11(4)9(3)13-10(12)6-2/h6,9H,2,5,7-8H2,1,3-4H3. The van der Waals surface area contributed by atoms with E-state index in [0.717, 1.165) is 19.4 Å². The van der Waals surface area contributed by atoms with E-state index in [2.05, 4.69) is 13.5 Å². The predicted molar refractivity (Wildman–Crippen MR) is 53.3 cm³/mol. The number of hydrogen-bond acceptors (Lipinski definition) is 3. The lowest BCUT2D eigenvalue weighted by Crippen LogP contribution is -2.33. The van der Waals surface area contributed by atoms with Gasteiger partial charge in [-0.05, 0) is 20.4 Å². The highest BCUT2D eigenvalue weighted by molar-refractivity contribution is 5.81. The molecule has 0 heterocycles. The van der Waals surface area contributed by atoms with E-state index in [-0.39, 0.29) is 12.2 Å². The number of nitrogens with zero attached hydrogens (tertiary/aromatic N) is 1. The molecule has 3 nitrogen and oxygen atoms in total. The first-order chi connectivity index (χ1) is 6.11. The number of rotatable bonds is 6. The van der Waals surface area contributed by atoms with Crippen LogP contribution in [0.4, 0.5) is 0 Å². The molecule has 0 saturated heterocycles. The summed E-state index contributed by atoms with van der Waals surface area (Å²) in [5.41, 5.74) is 0. The van der Waals surface area contributed by atoms with E-state index in [9.17, 15) is 4.79 Å². The zero-order valence-electron chi connectivity index (χ0n) is 8.75. The van der Waals surface area contributed by atoms with Crippen LogP contribution in [0.3, 0.4) is 0 Å². The molecular formula is C10H19NO2. The summed E-state index contributed by atoms with van der Waals surface area (Å²) in [5.74, 6) is -0.365. The number of carbonyl (C=O) groups is 1. The quantitative estimate of drug-likeness (QED) is 0.359. The van der Waals surface area contributed by atoms with Crippen LogP contribution in [0.25, 0.3) is 0 Å².